The molecule has 1 aliphatic heterocycles. The van der Waals surface area contributed by atoms with Crippen LogP contribution < -0.4 is 10.1 Å². The number of likely N-dealkylation sites (tertiary alicyclic amines) is 1. The maximum atomic E-state index is 12.4. The summed E-state index contributed by atoms with van der Waals surface area (Å²) in [5, 5.41) is 5.03. The van der Waals surface area contributed by atoms with E-state index >= 15 is 0 Å². The molecule has 1 aromatic heterocycles. The van der Waals surface area contributed by atoms with Crippen molar-refractivity contribution in [2.24, 2.45) is 0 Å². The molecule has 1 fully saturated rings. The van der Waals surface area contributed by atoms with Crippen LogP contribution in [0.2, 0.25) is 0 Å². The van der Waals surface area contributed by atoms with E-state index in [1.165, 1.54) is 16.9 Å². The third-order valence-corrected chi connectivity index (χ3v) is 6.27. The van der Waals surface area contributed by atoms with Gasteiger partial charge in [-0.25, -0.2) is 0 Å². The first-order valence-electron chi connectivity index (χ1n) is 10.7. The van der Waals surface area contributed by atoms with E-state index in [1.54, 1.807) is 0 Å². The van der Waals surface area contributed by atoms with Crippen molar-refractivity contribution in [3.63, 3.8) is 0 Å². The highest BCUT2D eigenvalue weighted by Crippen LogP contribution is 2.24. The smallest absolute Gasteiger partial charge is 0.263 e. The first-order chi connectivity index (χ1) is 14.3. The Bertz CT molecular complexity index is 817. The van der Waals surface area contributed by atoms with Crippen LogP contribution in [0.4, 0.5) is 0 Å². The van der Waals surface area contributed by atoms with Gasteiger partial charge in [0.25, 0.3) is 5.91 Å². The molecule has 1 aliphatic rings. The van der Waals surface area contributed by atoms with Crippen molar-refractivity contribution in [3.05, 3.63) is 52.2 Å². The number of carbonyl (C=O) groups excluding carboxylic acids is 2. The number of nitrogens with zero attached hydrogens (tertiary/aromatic N) is 1. The summed E-state index contributed by atoms with van der Waals surface area (Å²) in [4.78, 5) is 27.3. The summed E-state index contributed by atoms with van der Waals surface area (Å²) in [6.45, 7) is 8.47. The Balaban J connectivity index is 1.31. The first-order valence-corrected chi connectivity index (χ1v) is 11.6. The minimum atomic E-state index is 0.0599. The molecule has 1 saturated heterocycles. The largest absolute Gasteiger partial charge is 0.494 e. The number of nitrogens with one attached hydrogen (secondary N) is 1. The van der Waals surface area contributed by atoms with Gasteiger partial charge in [0.2, 0.25) is 5.91 Å². The number of thiophene rings is 1. The Morgan fingerprint density at radius 3 is 2.43 bits per heavy atom. The van der Waals surface area contributed by atoms with Gasteiger partial charge in [-0.1, -0.05) is 39.0 Å². The van der Waals surface area contributed by atoms with Crippen LogP contribution in [0.5, 0.6) is 5.75 Å². The SMILES string of the molecule is CC(C)(C)c1ccc(OCCCC(=O)NC2CCN(C(=O)c3cccs3)CC2)cc1. The number of carbonyl (C=O) groups is 2. The van der Waals surface area contributed by atoms with Crippen molar-refractivity contribution in [2.45, 2.75) is 57.9 Å². The molecule has 0 atom stereocenters. The quantitative estimate of drug-likeness (QED) is 0.655. The van der Waals surface area contributed by atoms with Gasteiger partial charge in [-0.2, -0.15) is 0 Å². The molecule has 0 aliphatic carbocycles. The Morgan fingerprint density at radius 2 is 1.83 bits per heavy atom. The number of ether oxygens (including phenoxy) is 1. The zero-order valence-electron chi connectivity index (χ0n) is 18.1. The predicted molar refractivity (Wildman–Crippen MR) is 121 cm³/mol. The van der Waals surface area contributed by atoms with Gasteiger partial charge in [0.15, 0.2) is 0 Å². The van der Waals surface area contributed by atoms with Crippen molar-refractivity contribution in [1.82, 2.24) is 10.2 Å². The van der Waals surface area contributed by atoms with Crippen LogP contribution in [0, 0.1) is 0 Å². The molecule has 0 spiro atoms. The van der Waals surface area contributed by atoms with Gasteiger partial charge in [-0.15, -0.1) is 11.3 Å². The Labute approximate surface area is 183 Å². The molecule has 2 heterocycles. The van der Waals surface area contributed by atoms with Crippen LogP contribution in [0.3, 0.4) is 0 Å². The predicted octanol–water partition coefficient (Wildman–Crippen LogP) is 4.63. The Hall–Kier alpha value is -2.34. The topological polar surface area (TPSA) is 58.6 Å². The molecule has 3 rings (SSSR count). The molecular formula is C24H32N2O3S. The molecule has 162 valence electrons. The van der Waals surface area contributed by atoms with Crippen molar-refractivity contribution in [3.8, 4) is 5.75 Å². The van der Waals surface area contributed by atoms with Crippen LogP contribution in [-0.4, -0.2) is 42.5 Å². The van der Waals surface area contributed by atoms with Gasteiger partial charge < -0.3 is 15.0 Å². The molecule has 2 aromatic rings. The lowest BCUT2D eigenvalue weighted by atomic mass is 9.87. The summed E-state index contributed by atoms with van der Waals surface area (Å²) in [5.74, 6) is 0.998. The Kier molecular flexibility index (Phi) is 7.53. The van der Waals surface area contributed by atoms with Crippen molar-refractivity contribution in [1.29, 1.82) is 0 Å². The molecule has 0 radical (unpaired) electrons. The zero-order chi connectivity index (χ0) is 21.6. The lowest BCUT2D eigenvalue weighted by molar-refractivity contribution is -0.122. The van der Waals surface area contributed by atoms with Gasteiger partial charge in [-0.3, -0.25) is 9.59 Å². The van der Waals surface area contributed by atoms with Crippen molar-refractivity contribution < 1.29 is 14.3 Å². The highest BCUT2D eigenvalue weighted by molar-refractivity contribution is 7.12. The van der Waals surface area contributed by atoms with Crippen LogP contribution in [0.15, 0.2) is 41.8 Å². The van der Waals surface area contributed by atoms with E-state index in [9.17, 15) is 9.59 Å². The van der Waals surface area contributed by atoms with Gasteiger partial charge in [-0.05, 0) is 53.8 Å². The average Bonchev–Trinajstić information content (AvgIpc) is 3.26. The second-order valence-corrected chi connectivity index (χ2v) is 9.79. The lowest BCUT2D eigenvalue weighted by Crippen LogP contribution is -2.46. The van der Waals surface area contributed by atoms with Gasteiger partial charge in [0.05, 0.1) is 11.5 Å². The zero-order valence-corrected chi connectivity index (χ0v) is 19.0. The maximum absolute atomic E-state index is 12.4. The fourth-order valence-electron chi connectivity index (χ4n) is 3.56. The third kappa shape index (κ3) is 6.33. The molecule has 5 nitrogen and oxygen atoms in total. The number of piperidine rings is 1. The highest BCUT2D eigenvalue weighted by atomic mass is 32.1. The van der Waals surface area contributed by atoms with Crippen LogP contribution in [0.1, 0.15) is 61.7 Å². The number of amides is 2. The minimum absolute atomic E-state index is 0.0599. The summed E-state index contributed by atoms with van der Waals surface area (Å²) >= 11 is 1.47. The normalized spacial score (nSPS) is 15.1. The molecule has 0 saturated carbocycles. The molecule has 1 N–H and O–H groups in total. The van der Waals surface area contributed by atoms with Crippen LogP contribution in [0.25, 0.3) is 0 Å². The second-order valence-electron chi connectivity index (χ2n) is 8.84. The summed E-state index contributed by atoms with van der Waals surface area (Å²) in [6, 6.07) is 12.1. The fourth-order valence-corrected chi connectivity index (χ4v) is 4.25. The summed E-state index contributed by atoms with van der Waals surface area (Å²) in [6.07, 6.45) is 2.75. The number of hydrogen-bond acceptors (Lipinski definition) is 4. The second kappa shape index (κ2) is 10.1. The summed E-state index contributed by atoms with van der Waals surface area (Å²) < 4.78 is 5.77. The van der Waals surface area contributed by atoms with E-state index in [0.717, 1.165) is 23.5 Å². The highest BCUT2D eigenvalue weighted by Gasteiger charge is 2.24. The minimum Gasteiger partial charge on any atom is -0.494 e. The van der Waals surface area contributed by atoms with Crippen molar-refractivity contribution >= 4 is 23.2 Å². The average molecular weight is 429 g/mol. The molecule has 1 aromatic carbocycles. The number of benzene rings is 1. The monoisotopic (exact) mass is 428 g/mol. The molecule has 0 bridgehead atoms. The van der Waals surface area contributed by atoms with E-state index in [2.05, 4.69) is 38.2 Å². The van der Waals surface area contributed by atoms with Gasteiger partial charge >= 0.3 is 0 Å². The number of hydrogen-bond donors (Lipinski definition) is 1. The molecular weight excluding hydrogens is 396 g/mol. The van der Waals surface area contributed by atoms with Crippen LogP contribution in [-0.2, 0) is 10.2 Å². The standard InChI is InChI=1S/C24H32N2O3S/c1-24(2,3)18-8-10-20(11-9-18)29-16-4-7-22(27)25-19-12-14-26(15-13-19)23(28)21-6-5-17-30-21/h5-6,8-11,17,19H,4,7,12-16H2,1-3H3,(H,25,27). The number of rotatable bonds is 7. The maximum Gasteiger partial charge on any atom is 0.263 e. The molecule has 30 heavy (non-hydrogen) atoms. The molecule has 2 amide bonds. The third-order valence-electron chi connectivity index (χ3n) is 5.42. The van der Waals surface area contributed by atoms with E-state index in [0.29, 0.717) is 32.5 Å². The van der Waals surface area contributed by atoms with Gasteiger partial charge in [0.1, 0.15) is 5.75 Å². The van der Waals surface area contributed by atoms with Gasteiger partial charge in [0, 0.05) is 25.6 Å². The van der Waals surface area contributed by atoms with Crippen LogP contribution >= 0.6 is 11.3 Å². The Morgan fingerprint density at radius 1 is 1.13 bits per heavy atom. The first kappa shape index (κ1) is 22.3. The molecule has 0 unspecified atom stereocenters. The fraction of sp³-hybridized carbons (Fsp3) is 0.500. The van der Waals surface area contributed by atoms with E-state index < -0.39 is 0 Å². The summed E-state index contributed by atoms with van der Waals surface area (Å²) in [5.41, 5.74) is 1.40. The summed E-state index contributed by atoms with van der Waals surface area (Å²) in [7, 11) is 0. The lowest BCUT2D eigenvalue weighted by Gasteiger charge is -2.32. The van der Waals surface area contributed by atoms with E-state index in [-0.39, 0.29) is 23.3 Å². The van der Waals surface area contributed by atoms with E-state index in [1.807, 2.05) is 34.5 Å². The molecule has 6 heteroatoms. The van der Waals surface area contributed by atoms with E-state index in [4.69, 9.17) is 4.74 Å². The van der Waals surface area contributed by atoms with Crippen molar-refractivity contribution in [2.75, 3.05) is 19.7 Å².